The molecule has 1 amide bonds. The number of amides is 1. The molecule has 6 nitrogen and oxygen atoms in total. The van der Waals surface area contributed by atoms with Gasteiger partial charge >= 0.3 is 0 Å². The minimum Gasteiger partial charge on any atom is -0.379 e. The normalized spacial score (nSPS) is 20.7. The number of benzene rings is 1. The average Bonchev–Trinajstić information content (AvgIpc) is 2.93. The van der Waals surface area contributed by atoms with Crippen LogP contribution < -0.4 is 10.9 Å². The first kappa shape index (κ1) is 15.9. The summed E-state index contributed by atoms with van der Waals surface area (Å²) in [5.74, 6) is -0.104. The zero-order valence-corrected chi connectivity index (χ0v) is 13.7. The number of rotatable bonds is 4. The molecule has 1 atom stereocenters. The lowest BCUT2D eigenvalue weighted by atomic mass is 10.0. The summed E-state index contributed by atoms with van der Waals surface area (Å²) in [6, 6.07) is 7.20. The van der Waals surface area contributed by atoms with E-state index in [-0.39, 0.29) is 30.0 Å². The standard InChI is InChI=1S/C16H19N3O3S/c1-16(7-9-22-10-16)18-13(20)6-8-19-14(21)11-4-2-3-5-12(11)17-15(19)23/h2-5H,6-10H2,1H3,(H,17,23)(H,18,20)/t16-/m1/s1. The van der Waals surface area contributed by atoms with Gasteiger partial charge < -0.3 is 15.0 Å². The lowest BCUT2D eigenvalue weighted by molar-refractivity contribution is -0.123. The summed E-state index contributed by atoms with van der Waals surface area (Å²) < 4.78 is 7.08. The Morgan fingerprint density at radius 2 is 2.26 bits per heavy atom. The van der Waals surface area contributed by atoms with Crippen LogP contribution in [0.5, 0.6) is 0 Å². The SMILES string of the molecule is C[C@@]1(NC(=O)CCn2c(=S)[nH]c3ccccc3c2=O)CCOC1. The molecular formula is C16H19N3O3S. The average molecular weight is 333 g/mol. The number of aromatic amines is 1. The first-order chi connectivity index (χ1) is 11.0. The van der Waals surface area contributed by atoms with Crippen LogP contribution in [0, 0.1) is 4.77 Å². The van der Waals surface area contributed by atoms with E-state index in [1.54, 1.807) is 12.1 Å². The second-order valence-electron chi connectivity index (χ2n) is 6.09. The third kappa shape index (κ3) is 3.35. The van der Waals surface area contributed by atoms with E-state index >= 15 is 0 Å². The van der Waals surface area contributed by atoms with E-state index < -0.39 is 0 Å². The molecule has 7 heteroatoms. The Bertz CT molecular complexity index is 850. The van der Waals surface area contributed by atoms with Gasteiger partial charge in [0.25, 0.3) is 5.56 Å². The van der Waals surface area contributed by atoms with Crippen molar-refractivity contribution in [3.8, 4) is 0 Å². The van der Waals surface area contributed by atoms with Crippen LogP contribution in [0.15, 0.2) is 29.1 Å². The summed E-state index contributed by atoms with van der Waals surface area (Å²) in [6.07, 6.45) is 1.00. The third-order valence-corrected chi connectivity index (χ3v) is 4.43. The predicted octanol–water partition coefficient (Wildman–Crippen LogP) is 1.74. The summed E-state index contributed by atoms with van der Waals surface area (Å²) in [7, 11) is 0. The van der Waals surface area contributed by atoms with Crippen molar-refractivity contribution in [1.82, 2.24) is 14.9 Å². The molecule has 1 aliphatic rings. The molecule has 0 radical (unpaired) electrons. The molecule has 1 saturated heterocycles. The van der Waals surface area contributed by atoms with Gasteiger partial charge in [-0.1, -0.05) is 12.1 Å². The second-order valence-corrected chi connectivity index (χ2v) is 6.48. The van der Waals surface area contributed by atoms with Crippen molar-refractivity contribution in [2.24, 2.45) is 0 Å². The van der Waals surface area contributed by atoms with Crippen molar-refractivity contribution in [3.05, 3.63) is 39.4 Å². The summed E-state index contributed by atoms with van der Waals surface area (Å²) in [4.78, 5) is 27.7. The number of carbonyl (C=O) groups is 1. The summed E-state index contributed by atoms with van der Waals surface area (Å²) in [6.45, 7) is 3.40. The van der Waals surface area contributed by atoms with Crippen LogP contribution in [-0.2, 0) is 16.1 Å². The molecule has 122 valence electrons. The van der Waals surface area contributed by atoms with Gasteiger partial charge in [0.15, 0.2) is 4.77 Å². The molecule has 0 bridgehead atoms. The number of ether oxygens (including phenoxy) is 1. The number of nitrogens with one attached hydrogen (secondary N) is 2. The first-order valence-corrected chi connectivity index (χ1v) is 8.00. The Morgan fingerprint density at radius 3 is 3.00 bits per heavy atom. The number of para-hydroxylation sites is 1. The first-order valence-electron chi connectivity index (χ1n) is 7.59. The fourth-order valence-corrected chi connectivity index (χ4v) is 3.06. The second kappa shape index (κ2) is 6.25. The smallest absolute Gasteiger partial charge is 0.262 e. The van der Waals surface area contributed by atoms with E-state index in [1.807, 2.05) is 19.1 Å². The quantitative estimate of drug-likeness (QED) is 0.836. The molecule has 0 unspecified atom stereocenters. The number of aromatic nitrogens is 2. The minimum absolute atomic E-state index is 0.104. The van der Waals surface area contributed by atoms with Crippen LogP contribution in [0.4, 0.5) is 0 Å². The molecule has 3 rings (SSSR count). The van der Waals surface area contributed by atoms with Gasteiger partial charge in [0.2, 0.25) is 5.91 Å². The van der Waals surface area contributed by atoms with E-state index in [4.69, 9.17) is 17.0 Å². The van der Waals surface area contributed by atoms with E-state index in [0.717, 1.165) is 6.42 Å². The van der Waals surface area contributed by atoms with E-state index in [2.05, 4.69) is 10.3 Å². The predicted molar refractivity (Wildman–Crippen MR) is 90.0 cm³/mol. The molecule has 0 spiro atoms. The van der Waals surface area contributed by atoms with Gasteiger partial charge in [0.1, 0.15) is 0 Å². The van der Waals surface area contributed by atoms with Gasteiger partial charge in [-0.3, -0.25) is 14.2 Å². The van der Waals surface area contributed by atoms with Crippen LogP contribution in [-0.4, -0.2) is 34.2 Å². The van der Waals surface area contributed by atoms with Crippen LogP contribution in [0.2, 0.25) is 0 Å². The van der Waals surface area contributed by atoms with Crippen LogP contribution in [0.25, 0.3) is 10.9 Å². The molecular weight excluding hydrogens is 314 g/mol. The molecule has 0 aliphatic carbocycles. The largest absolute Gasteiger partial charge is 0.379 e. The highest BCUT2D eigenvalue weighted by molar-refractivity contribution is 7.71. The van der Waals surface area contributed by atoms with Crippen molar-refractivity contribution in [2.75, 3.05) is 13.2 Å². The van der Waals surface area contributed by atoms with Crippen molar-refractivity contribution in [2.45, 2.75) is 31.8 Å². The van der Waals surface area contributed by atoms with Crippen molar-refractivity contribution in [1.29, 1.82) is 0 Å². The van der Waals surface area contributed by atoms with Gasteiger partial charge in [0, 0.05) is 19.6 Å². The Kier molecular flexibility index (Phi) is 4.32. The van der Waals surface area contributed by atoms with Crippen LogP contribution >= 0.6 is 12.2 Å². The molecule has 2 aromatic rings. The van der Waals surface area contributed by atoms with E-state index in [9.17, 15) is 9.59 Å². The lowest BCUT2D eigenvalue weighted by Gasteiger charge is -2.23. The highest BCUT2D eigenvalue weighted by Crippen LogP contribution is 2.17. The van der Waals surface area contributed by atoms with Gasteiger partial charge in [0.05, 0.1) is 23.0 Å². The molecule has 1 fully saturated rings. The summed E-state index contributed by atoms with van der Waals surface area (Å²) in [5.41, 5.74) is 0.223. The van der Waals surface area contributed by atoms with Crippen LogP contribution in [0.3, 0.4) is 0 Å². The van der Waals surface area contributed by atoms with Crippen molar-refractivity contribution < 1.29 is 9.53 Å². The Hall–Kier alpha value is -1.99. The van der Waals surface area contributed by atoms with Crippen LogP contribution in [0.1, 0.15) is 19.8 Å². The summed E-state index contributed by atoms with van der Waals surface area (Å²) >= 11 is 5.24. The molecule has 2 N–H and O–H groups in total. The highest BCUT2D eigenvalue weighted by Gasteiger charge is 2.30. The van der Waals surface area contributed by atoms with Crippen molar-refractivity contribution >= 4 is 29.0 Å². The van der Waals surface area contributed by atoms with Gasteiger partial charge in [-0.15, -0.1) is 0 Å². The number of nitrogens with zero attached hydrogens (tertiary/aromatic N) is 1. The number of hydrogen-bond acceptors (Lipinski definition) is 4. The molecule has 23 heavy (non-hydrogen) atoms. The maximum absolute atomic E-state index is 12.5. The number of hydrogen-bond donors (Lipinski definition) is 2. The topological polar surface area (TPSA) is 76.1 Å². The monoisotopic (exact) mass is 333 g/mol. The molecule has 2 heterocycles. The minimum atomic E-state index is -0.311. The third-order valence-electron chi connectivity index (χ3n) is 4.11. The fraction of sp³-hybridized carbons (Fsp3) is 0.438. The van der Waals surface area contributed by atoms with Crippen molar-refractivity contribution in [3.63, 3.8) is 0 Å². The Balaban J connectivity index is 1.75. The number of H-pyrrole nitrogens is 1. The fourth-order valence-electron chi connectivity index (χ4n) is 2.78. The van der Waals surface area contributed by atoms with E-state index in [0.29, 0.717) is 28.9 Å². The maximum Gasteiger partial charge on any atom is 0.262 e. The Morgan fingerprint density at radius 1 is 1.48 bits per heavy atom. The zero-order chi connectivity index (χ0) is 16.4. The highest BCUT2D eigenvalue weighted by atomic mass is 32.1. The molecule has 1 aromatic carbocycles. The van der Waals surface area contributed by atoms with E-state index in [1.165, 1.54) is 4.57 Å². The Labute approximate surface area is 138 Å². The summed E-state index contributed by atoms with van der Waals surface area (Å²) in [5, 5.41) is 3.55. The molecule has 1 aromatic heterocycles. The molecule has 1 aliphatic heterocycles. The number of carbonyl (C=O) groups excluding carboxylic acids is 1. The van der Waals surface area contributed by atoms with Gasteiger partial charge in [-0.2, -0.15) is 0 Å². The van der Waals surface area contributed by atoms with Gasteiger partial charge in [-0.25, -0.2) is 0 Å². The van der Waals surface area contributed by atoms with Gasteiger partial charge in [-0.05, 0) is 37.7 Å². The maximum atomic E-state index is 12.5. The molecule has 0 saturated carbocycles. The zero-order valence-electron chi connectivity index (χ0n) is 12.9. The lowest BCUT2D eigenvalue weighted by Crippen LogP contribution is -2.46. The number of fused-ring (bicyclic) bond motifs is 1.